The van der Waals surface area contributed by atoms with Crippen molar-refractivity contribution in [2.24, 2.45) is 0 Å². The van der Waals surface area contributed by atoms with E-state index in [0.29, 0.717) is 32.5 Å². The number of nitrogens with zero attached hydrogens (tertiary/aromatic N) is 3. The minimum absolute atomic E-state index is 0.00216. The Bertz CT molecular complexity index is 1100. The first-order valence-electron chi connectivity index (χ1n) is 10.7. The minimum atomic E-state index is -0.519. The maximum absolute atomic E-state index is 13.3. The number of fused-ring (bicyclic) bond motifs is 1. The maximum Gasteiger partial charge on any atom is 0.410 e. The number of aromatic nitrogens is 2. The molecule has 0 aliphatic carbocycles. The number of amides is 1. The van der Waals surface area contributed by atoms with Crippen molar-refractivity contribution in [1.82, 2.24) is 14.2 Å². The van der Waals surface area contributed by atoms with Crippen molar-refractivity contribution >= 4 is 17.1 Å². The Labute approximate surface area is 181 Å². The average Bonchev–Trinajstić information content (AvgIpc) is 3.03. The van der Waals surface area contributed by atoms with Crippen LogP contribution in [0.1, 0.15) is 45.2 Å². The smallest absolute Gasteiger partial charge is 0.410 e. The number of carbonyl (C=O) groups excluding carboxylic acids is 1. The Morgan fingerprint density at radius 2 is 1.58 bits per heavy atom. The van der Waals surface area contributed by atoms with Gasteiger partial charge in [0.1, 0.15) is 17.7 Å². The Morgan fingerprint density at radius 3 is 2.23 bits per heavy atom. The molecule has 7 nitrogen and oxygen atoms in total. The van der Waals surface area contributed by atoms with Crippen molar-refractivity contribution in [3.63, 3.8) is 0 Å². The molecule has 0 radical (unpaired) electrons. The maximum atomic E-state index is 13.3. The molecule has 1 aliphatic rings. The number of ether oxygens (including phenoxy) is 1. The lowest BCUT2D eigenvalue weighted by Crippen LogP contribution is -2.43. The zero-order chi connectivity index (χ0) is 22.0. The van der Waals surface area contributed by atoms with Crippen molar-refractivity contribution in [3.05, 3.63) is 70.6 Å². The van der Waals surface area contributed by atoms with E-state index in [0.717, 1.165) is 16.6 Å². The van der Waals surface area contributed by atoms with Crippen LogP contribution in [0.25, 0.3) is 11.0 Å². The summed E-state index contributed by atoms with van der Waals surface area (Å²) in [5.74, 6) is 0. The van der Waals surface area contributed by atoms with Gasteiger partial charge in [-0.3, -0.25) is 4.57 Å². The van der Waals surface area contributed by atoms with Crippen molar-refractivity contribution < 1.29 is 14.4 Å². The molecule has 7 heteroatoms. The monoisotopic (exact) mass is 423 g/mol. The molecule has 4 rings (SSSR count). The van der Waals surface area contributed by atoms with Gasteiger partial charge in [-0.25, -0.2) is 9.59 Å². The summed E-state index contributed by atoms with van der Waals surface area (Å²) in [6, 6.07) is 17.4. The molecule has 0 N–H and O–H groups in total. The Balaban J connectivity index is 1.54. The molecule has 0 unspecified atom stereocenters. The fourth-order valence-corrected chi connectivity index (χ4v) is 3.97. The Morgan fingerprint density at radius 1 is 0.968 bits per heavy atom. The predicted octanol–water partition coefficient (Wildman–Crippen LogP) is 4.00. The summed E-state index contributed by atoms with van der Waals surface area (Å²) in [6.07, 6.45) is 1.07. The first kappa shape index (κ1) is 21.0. The second-order valence-electron chi connectivity index (χ2n) is 8.89. The number of rotatable bonds is 4. The minimum Gasteiger partial charge on any atom is -0.444 e. The van der Waals surface area contributed by atoms with Gasteiger partial charge >= 0.3 is 11.8 Å². The topological polar surface area (TPSA) is 65.7 Å². The molecule has 0 spiro atoms. The van der Waals surface area contributed by atoms with Gasteiger partial charge in [-0.05, 0) is 51.3 Å². The van der Waals surface area contributed by atoms with E-state index in [2.05, 4.69) is 0 Å². The first-order valence-corrected chi connectivity index (χ1v) is 10.7. The number of para-hydroxylation sites is 2. The van der Waals surface area contributed by atoms with Crippen LogP contribution in [0.5, 0.6) is 0 Å². The van der Waals surface area contributed by atoms with Crippen LogP contribution >= 0.6 is 0 Å². The molecule has 1 amide bonds. The summed E-state index contributed by atoms with van der Waals surface area (Å²) >= 11 is 0. The van der Waals surface area contributed by atoms with Crippen LogP contribution in [0.15, 0.2) is 59.4 Å². The van der Waals surface area contributed by atoms with Crippen molar-refractivity contribution in [3.8, 4) is 0 Å². The first-order chi connectivity index (χ1) is 14.8. The van der Waals surface area contributed by atoms with E-state index in [9.17, 15) is 9.59 Å². The fraction of sp³-hybridized carbons (Fsp3) is 0.417. The molecule has 164 valence electrons. The van der Waals surface area contributed by atoms with E-state index in [1.54, 1.807) is 4.90 Å². The molecule has 31 heavy (non-hydrogen) atoms. The Hall–Kier alpha value is -3.22. The zero-order valence-corrected chi connectivity index (χ0v) is 18.3. The third kappa shape index (κ3) is 4.60. The van der Waals surface area contributed by atoms with Crippen LogP contribution in [-0.4, -0.2) is 39.0 Å². The van der Waals surface area contributed by atoms with Crippen LogP contribution in [0.4, 0.5) is 4.79 Å². The normalized spacial score (nSPS) is 15.3. The molecule has 0 atom stereocenters. The molecule has 1 saturated heterocycles. The van der Waals surface area contributed by atoms with Crippen LogP contribution in [0.3, 0.4) is 0 Å². The van der Waals surface area contributed by atoms with E-state index in [-0.39, 0.29) is 17.8 Å². The van der Waals surface area contributed by atoms with E-state index in [1.807, 2.05) is 79.9 Å². The van der Waals surface area contributed by atoms with E-state index in [1.165, 1.54) is 4.73 Å². The number of benzene rings is 2. The molecule has 3 aromatic rings. The molecule has 0 bridgehead atoms. The molecule has 1 aliphatic heterocycles. The third-order valence-electron chi connectivity index (χ3n) is 5.42. The predicted molar refractivity (Wildman–Crippen MR) is 119 cm³/mol. The highest BCUT2D eigenvalue weighted by molar-refractivity contribution is 5.76. The van der Waals surface area contributed by atoms with Gasteiger partial charge in [0.15, 0.2) is 0 Å². The summed E-state index contributed by atoms with van der Waals surface area (Å²) in [5, 5.41) is 0. The van der Waals surface area contributed by atoms with E-state index >= 15 is 0 Å². The number of imidazole rings is 1. The summed E-state index contributed by atoms with van der Waals surface area (Å²) in [6.45, 7) is 7.00. The number of piperidine rings is 1. The Kier molecular flexibility index (Phi) is 5.76. The van der Waals surface area contributed by atoms with Gasteiger partial charge < -0.3 is 14.5 Å². The number of hydrogen-bond acceptors (Lipinski definition) is 4. The molecule has 0 saturated carbocycles. The van der Waals surface area contributed by atoms with E-state index < -0.39 is 5.60 Å². The highest BCUT2D eigenvalue weighted by Crippen LogP contribution is 2.26. The molecule has 2 aromatic carbocycles. The van der Waals surface area contributed by atoms with Gasteiger partial charge in [-0.1, -0.05) is 42.5 Å². The number of likely N-dealkylation sites (tertiary alicyclic amines) is 1. The van der Waals surface area contributed by atoms with Gasteiger partial charge in [0.05, 0.1) is 5.52 Å². The quantitative estimate of drug-likeness (QED) is 0.636. The second-order valence-corrected chi connectivity index (χ2v) is 8.89. The number of hydrogen-bond donors (Lipinski definition) is 0. The van der Waals surface area contributed by atoms with Gasteiger partial charge in [-0.2, -0.15) is 0 Å². The molecule has 1 aromatic heterocycles. The summed E-state index contributed by atoms with van der Waals surface area (Å²) in [4.78, 5) is 33.3. The van der Waals surface area contributed by atoms with Crippen LogP contribution in [0, 0.1) is 0 Å². The zero-order valence-electron chi connectivity index (χ0n) is 18.3. The molecule has 1 fully saturated rings. The largest absolute Gasteiger partial charge is 0.444 e. The lowest BCUT2D eigenvalue weighted by molar-refractivity contribution is 0.0186. The summed E-state index contributed by atoms with van der Waals surface area (Å²) in [7, 11) is 0. The lowest BCUT2D eigenvalue weighted by atomic mass is 10.0. The van der Waals surface area contributed by atoms with Gasteiger partial charge in [0.25, 0.3) is 0 Å². The van der Waals surface area contributed by atoms with Gasteiger partial charge in [-0.15, -0.1) is 4.73 Å². The standard InChI is InChI=1S/C24H29N3O4/c1-24(2,3)31-23(29)25-15-13-19(14-16-25)26-20-11-7-8-12-21(20)27(22(26)28)30-17-18-9-5-4-6-10-18/h4-12,19H,13-17H2,1-3H3. The summed E-state index contributed by atoms with van der Waals surface area (Å²) in [5.41, 5.74) is 1.88. The summed E-state index contributed by atoms with van der Waals surface area (Å²) < 4.78 is 8.69. The van der Waals surface area contributed by atoms with Crippen molar-refractivity contribution in [2.75, 3.05) is 13.1 Å². The molecular formula is C24H29N3O4. The van der Waals surface area contributed by atoms with Crippen LogP contribution < -0.4 is 10.5 Å². The van der Waals surface area contributed by atoms with Gasteiger partial charge in [0.2, 0.25) is 0 Å². The van der Waals surface area contributed by atoms with Crippen molar-refractivity contribution in [2.45, 2.75) is 51.9 Å². The fourth-order valence-electron chi connectivity index (χ4n) is 3.97. The highest BCUT2D eigenvalue weighted by atomic mass is 16.7. The van der Waals surface area contributed by atoms with Gasteiger partial charge in [0, 0.05) is 19.1 Å². The SMILES string of the molecule is CC(C)(C)OC(=O)N1CCC(n2c(=O)n(OCc3ccccc3)c3ccccc32)CC1. The average molecular weight is 424 g/mol. The van der Waals surface area contributed by atoms with Crippen molar-refractivity contribution in [1.29, 1.82) is 0 Å². The number of carbonyl (C=O) groups is 1. The van der Waals surface area contributed by atoms with Crippen LogP contribution in [-0.2, 0) is 11.3 Å². The van der Waals surface area contributed by atoms with E-state index in [4.69, 9.17) is 9.57 Å². The molecular weight excluding hydrogens is 394 g/mol. The second kappa shape index (κ2) is 8.49. The lowest BCUT2D eigenvalue weighted by Gasteiger charge is -2.33. The van der Waals surface area contributed by atoms with Crippen LogP contribution in [0.2, 0.25) is 0 Å². The molecule has 2 heterocycles. The highest BCUT2D eigenvalue weighted by Gasteiger charge is 2.30. The third-order valence-corrected chi connectivity index (χ3v) is 5.42.